The predicted octanol–water partition coefficient (Wildman–Crippen LogP) is 4.32. The SMILES string of the molecule is CCCCOc1ccc(Br)cc1C(=O)NC(=S)NNC(=O)c1ccc(NC(=O)CCC)cc1. The molecule has 3 amide bonds. The van der Waals surface area contributed by atoms with E-state index in [1.54, 1.807) is 42.5 Å². The van der Waals surface area contributed by atoms with Gasteiger partial charge in [0.1, 0.15) is 5.75 Å². The van der Waals surface area contributed by atoms with Gasteiger partial charge in [0.25, 0.3) is 11.8 Å². The van der Waals surface area contributed by atoms with Gasteiger partial charge in [0.05, 0.1) is 12.2 Å². The minimum atomic E-state index is -0.471. The number of halogens is 1. The number of benzene rings is 2. The van der Waals surface area contributed by atoms with E-state index in [2.05, 4.69) is 44.3 Å². The Hall–Kier alpha value is -2.98. The Bertz CT molecular complexity index is 998. The molecule has 0 aliphatic rings. The van der Waals surface area contributed by atoms with Gasteiger partial charge in [-0.25, -0.2) is 0 Å². The molecule has 2 rings (SSSR count). The van der Waals surface area contributed by atoms with Crippen LogP contribution in [0.2, 0.25) is 0 Å². The van der Waals surface area contributed by atoms with Crippen molar-refractivity contribution in [1.29, 1.82) is 0 Å². The quantitative estimate of drug-likeness (QED) is 0.217. The Morgan fingerprint density at radius 3 is 2.36 bits per heavy atom. The van der Waals surface area contributed by atoms with Gasteiger partial charge in [0.2, 0.25) is 5.91 Å². The first kappa shape index (κ1) is 26.3. The number of amides is 3. The summed E-state index contributed by atoms with van der Waals surface area (Å²) >= 11 is 8.47. The summed E-state index contributed by atoms with van der Waals surface area (Å²) < 4.78 is 6.42. The summed E-state index contributed by atoms with van der Waals surface area (Å²) in [7, 11) is 0. The molecular weight excluding hydrogens is 508 g/mol. The Morgan fingerprint density at radius 2 is 1.70 bits per heavy atom. The number of hydrogen-bond donors (Lipinski definition) is 4. The van der Waals surface area contributed by atoms with Crippen molar-refractivity contribution in [2.24, 2.45) is 0 Å². The van der Waals surface area contributed by atoms with Crippen LogP contribution < -0.4 is 26.2 Å². The topological polar surface area (TPSA) is 109 Å². The van der Waals surface area contributed by atoms with Crippen molar-refractivity contribution in [3.63, 3.8) is 0 Å². The number of nitrogens with one attached hydrogen (secondary N) is 4. The number of carbonyl (C=O) groups is 3. The zero-order valence-corrected chi connectivity index (χ0v) is 20.9. The van der Waals surface area contributed by atoms with Gasteiger partial charge in [-0.2, -0.15) is 0 Å². The molecule has 0 radical (unpaired) electrons. The Balaban J connectivity index is 1.89. The molecule has 176 valence electrons. The second-order valence-electron chi connectivity index (χ2n) is 7.08. The maximum absolute atomic E-state index is 12.7. The zero-order valence-electron chi connectivity index (χ0n) is 18.5. The molecule has 33 heavy (non-hydrogen) atoms. The van der Waals surface area contributed by atoms with E-state index >= 15 is 0 Å². The summed E-state index contributed by atoms with van der Waals surface area (Å²) in [5.41, 5.74) is 6.21. The second-order valence-corrected chi connectivity index (χ2v) is 8.40. The van der Waals surface area contributed by atoms with Crippen molar-refractivity contribution < 1.29 is 19.1 Å². The molecule has 0 bridgehead atoms. The first-order chi connectivity index (χ1) is 15.8. The highest BCUT2D eigenvalue weighted by molar-refractivity contribution is 9.10. The van der Waals surface area contributed by atoms with Crippen LogP contribution in [0.4, 0.5) is 5.69 Å². The Morgan fingerprint density at radius 1 is 0.970 bits per heavy atom. The van der Waals surface area contributed by atoms with Crippen LogP contribution in [0.3, 0.4) is 0 Å². The molecule has 2 aromatic rings. The number of unbranched alkanes of at least 4 members (excludes halogenated alkanes) is 1. The average Bonchev–Trinajstić information content (AvgIpc) is 2.79. The van der Waals surface area contributed by atoms with Crippen LogP contribution in [0.15, 0.2) is 46.9 Å². The molecule has 0 spiro atoms. The van der Waals surface area contributed by atoms with E-state index in [1.165, 1.54) is 0 Å². The highest BCUT2D eigenvalue weighted by Gasteiger charge is 2.15. The lowest BCUT2D eigenvalue weighted by molar-refractivity contribution is -0.116. The molecule has 0 unspecified atom stereocenters. The van der Waals surface area contributed by atoms with Gasteiger partial charge in [-0.3, -0.25) is 30.6 Å². The van der Waals surface area contributed by atoms with Gasteiger partial charge in [-0.05, 0) is 67.5 Å². The smallest absolute Gasteiger partial charge is 0.269 e. The van der Waals surface area contributed by atoms with Gasteiger partial charge in [0.15, 0.2) is 5.11 Å². The molecule has 2 aromatic carbocycles. The number of ether oxygens (including phenoxy) is 1. The third-order valence-electron chi connectivity index (χ3n) is 4.37. The lowest BCUT2D eigenvalue weighted by Gasteiger charge is -2.14. The van der Waals surface area contributed by atoms with Crippen LogP contribution in [0, 0.1) is 0 Å². The molecule has 0 saturated carbocycles. The molecule has 4 N–H and O–H groups in total. The summed E-state index contributed by atoms with van der Waals surface area (Å²) in [4.78, 5) is 36.6. The Labute approximate surface area is 206 Å². The van der Waals surface area contributed by atoms with Gasteiger partial charge >= 0.3 is 0 Å². The largest absolute Gasteiger partial charge is 0.493 e. The fourth-order valence-electron chi connectivity index (χ4n) is 2.67. The van der Waals surface area contributed by atoms with Crippen LogP contribution in [0.5, 0.6) is 5.75 Å². The summed E-state index contributed by atoms with van der Waals surface area (Å²) in [6, 6.07) is 11.5. The lowest BCUT2D eigenvalue weighted by atomic mass is 10.2. The van der Waals surface area contributed by atoms with Gasteiger partial charge in [-0.15, -0.1) is 0 Å². The fourth-order valence-corrected chi connectivity index (χ4v) is 3.18. The molecule has 8 nitrogen and oxygen atoms in total. The highest BCUT2D eigenvalue weighted by atomic mass is 79.9. The van der Waals surface area contributed by atoms with E-state index in [4.69, 9.17) is 17.0 Å². The molecule has 0 aliphatic carbocycles. The van der Waals surface area contributed by atoms with E-state index in [1.807, 2.05) is 6.92 Å². The molecular formula is C23H27BrN4O4S. The van der Waals surface area contributed by atoms with E-state index in [0.29, 0.717) is 35.6 Å². The summed E-state index contributed by atoms with van der Waals surface area (Å²) in [5.74, 6) is -0.560. The highest BCUT2D eigenvalue weighted by Crippen LogP contribution is 2.23. The summed E-state index contributed by atoms with van der Waals surface area (Å²) in [6.45, 7) is 4.47. The lowest BCUT2D eigenvalue weighted by Crippen LogP contribution is -2.48. The molecule has 0 aliphatic heterocycles. The van der Waals surface area contributed by atoms with Gasteiger partial charge < -0.3 is 10.1 Å². The monoisotopic (exact) mass is 534 g/mol. The Kier molecular flexibility index (Phi) is 10.8. The molecule has 0 atom stereocenters. The molecule has 0 saturated heterocycles. The maximum atomic E-state index is 12.7. The number of thiocarbonyl (C=S) groups is 1. The number of hydrazine groups is 1. The van der Waals surface area contributed by atoms with Crippen LogP contribution in [-0.4, -0.2) is 29.4 Å². The van der Waals surface area contributed by atoms with Crippen LogP contribution in [-0.2, 0) is 4.79 Å². The predicted molar refractivity (Wildman–Crippen MR) is 135 cm³/mol. The number of hydrogen-bond acceptors (Lipinski definition) is 5. The summed E-state index contributed by atoms with van der Waals surface area (Å²) in [6.07, 6.45) is 3.03. The third kappa shape index (κ3) is 8.82. The maximum Gasteiger partial charge on any atom is 0.269 e. The van der Waals surface area contributed by atoms with Crippen molar-refractivity contribution in [2.45, 2.75) is 39.5 Å². The van der Waals surface area contributed by atoms with E-state index in [0.717, 1.165) is 23.7 Å². The van der Waals surface area contributed by atoms with Crippen LogP contribution in [0.25, 0.3) is 0 Å². The van der Waals surface area contributed by atoms with Crippen molar-refractivity contribution in [1.82, 2.24) is 16.2 Å². The van der Waals surface area contributed by atoms with Crippen molar-refractivity contribution in [2.75, 3.05) is 11.9 Å². The molecule has 0 fully saturated rings. The van der Waals surface area contributed by atoms with Crippen LogP contribution in [0.1, 0.15) is 60.2 Å². The summed E-state index contributed by atoms with van der Waals surface area (Å²) in [5, 5.41) is 5.20. The zero-order chi connectivity index (χ0) is 24.2. The van der Waals surface area contributed by atoms with Crippen molar-refractivity contribution in [3.8, 4) is 5.75 Å². The van der Waals surface area contributed by atoms with Crippen molar-refractivity contribution >= 4 is 56.7 Å². The molecule has 0 heterocycles. The minimum Gasteiger partial charge on any atom is -0.493 e. The van der Waals surface area contributed by atoms with E-state index < -0.39 is 11.8 Å². The van der Waals surface area contributed by atoms with Crippen molar-refractivity contribution in [3.05, 3.63) is 58.1 Å². The van der Waals surface area contributed by atoms with Gasteiger partial charge in [-0.1, -0.05) is 36.2 Å². The first-order valence-electron chi connectivity index (χ1n) is 10.6. The van der Waals surface area contributed by atoms with E-state index in [9.17, 15) is 14.4 Å². The minimum absolute atomic E-state index is 0.0729. The standard InChI is InChI=1S/C23H27BrN4O4S/c1-3-5-13-32-19-12-9-16(24)14-18(19)22(31)26-23(33)28-27-21(30)15-7-10-17(11-8-15)25-20(29)6-4-2/h7-12,14H,3-6,13H2,1-2H3,(H,25,29)(H,27,30)(H2,26,28,31,33). The number of anilines is 1. The normalized spacial score (nSPS) is 10.2. The van der Waals surface area contributed by atoms with Crippen LogP contribution >= 0.6 is 28.1 Å². The van der Waals surface area contributed by atoms with Gasteiger partial charge in [0, 0.05) is 22.1 Å². The number of carbonyl (C=O) groups excluding carboxylic acids is 3. The third-order valence-corrected chi connectivity index (χ3v) is 5.06. The van der Waals surface area contributed by atoms with E-state index in [-0.39, 0.29) is 11.0 Å². The molecule has 0 aromatic heterocycles. The molecule has 10 heteroatoms. The average molecular weight is 535 g/mol. The second kappa shape index (κ2) is 13.5. The first-order valence-corrected chi connectivity index (χ1v) is 11.8. The number of rotatable bonds is 9. The fraction of sp³-hybridized carbons (Fsp3) is 0.304.